The number of hydrogen-bond acceptors (Lipinski definition) is 3. The molecule has 0 saturated carbocycles. The molecular formula is C20H25ClN2O2. The molecule has 1 N–H and O–H groups in total. The molecule has 0 saturated heterocycles. The van der Waals surface area contributed by atoms with Gasteiger partial charge in [-0.15, -0.1) is 0 Å². The second kappa shape index (κ2) is 10.2. The zero-order valence-electron chi connectivity index (χ0n) is 14.7. The van der Waals surface area contributed by atoms with Crippen LogP contribution in [-0.4, -0.2) is 44.7 Å². The van der Waals surface area contributed by atoms with Crippen molar-refractivity contribution in [2.45, 2.75) is 12.5 Å². The van der Waals surface area contributed by atoms with Crippen LogP contribution in [0.1, 0.15) is 23.6 Å². The molecule has 2 rings (SSSR count). The maximum absolute atomic E-state index is 12.5. The molecule has 2 aromatic carbocycles. The lowest BCUT2D eigenvalue weighted by Crippen LogP contribution is -2.38. The second-order valence-electron chi connectivity index (χ2n) is 6.05. The standard InChI is InChI=1S/C20H25ClN2O2/c1-23(12-7-13-25-2)15-19(24)22-20(16-8-4-3-5-9-16)17-10-6-11-18(21)14-17/h3-6,8-11,14,20H,7,12-13,15H2,1-2H3,(H,22,24). The Morgan fingerprint density at radius 3 is 2.56 bits per heavy atom. The van der Waals surface area contributed by atoms with Crippen LogP contribution in [0.2, 0.25) is 5.02 Å². The van der Waals surface area contributed by atoms with Crippen molar-refractivity contribution in [3.05, 3.63) is 70.7 Å². The molecule has 4 nitrogen and oxygen atoms in total. The molecule has 0 radical (unpaired) electrons. The van der Waals surface area contributed by atoms with Gasteiger partial charge in [-0.2, -0.15) is 0 Å². The van der Waals surface area contributed by atoms with Crippen molar-refractivity contribution in [3.63, 3.8) is 0 Å². The zero-order chi connectivity index (χ0) is 18.1. The van der Waals surface area contributed by atoms with Crippen LogP contribution in [0.15, 0.2) is 54.6 Å². The third-order valence-corrected chi connectivity index (χ3v) is 4.16. The van der Waals surface area contributed by atoms with Crippen LogP contribution in [0.3, 0.4) is 0 Å². The van der Waals surface area contributed by atoms with E-state index in [2.05, 4.69) is 5.32 Å². The average molecular weight is 361 g/mol. The molecule has 0 spiro atoms. The van der Waals surface area contributed by atoms with Gasteiger partial charge in [0.05, 0.1) is 12.6 Å². The molecule has 1 amide bonds. The number of carbonyl (C=O) groups is 1. The first-order chi connectivity index (χ1) is 12.1. The molecule has 0 aliphatic rings. The molecule has 0 bridgehead atoms. The van der Waals surface area contributed by atoms with Gasteiger partial charge in [-0.25, -0.2) is 0 Å². The van der Waals surface area contributed by atoms with E-state index in [1.165, 1.54) is 0 Å². The minimum atomic E-state index is -0.222. The van der Waals surface area contributed by atoms with Gasteiger partial charge in [-0.05, 0) is 36.7 Å². The minimum Gasteiger partial charge on any atom is -0.385 e. The van der Waals surface area contributed by atoms with Crippen molar-refractivity contribution < 1.29 is 9.53 Å². The first kappa shape index (κ1) is 19.4. The molecular weight excluding hydrogens is 336 g/mol. The predicted octanol–water partition coefficient (Wildman–Crippen LogP) is 3.51. The van der Waals surface area contributed by atoms with Crippen molar-refractivity contribution in [1.82, 2.24) is 10.2 Å². The summed E-state index contributed by atoms with van der Waals surface area (Å²) in [5, 5.41) is 3.78. The number of nitrogens with one attached hydrogen (secondary N) is 1. The van der Waals surface area contributed by atoms with Gasteiger partial charge in [-0.3, -0.25) is 9.69 Å². The maximum Gasteiger partial charge on any atom is 0.234 e. The Morgan fingerprint density at radius 2 is 1.88 bits per heavy atom. The zero-order valence-corrected chi connectivity index (χ0v) is 15.5. The Kier molecular flexibility index (Phi) is 7.92. The van der Waals surface area contributed by atoms with Gasteiger partial charge < -0.3 is 10.1 Å². The third kappa shape index (κ3) is 6.50. The Balaban J connectivity index is 2.07. The SMILES string of the molecule is COCCCN(C)CC(=O)NC(c1ccccc1)c1cccc(Cl)c1. The molecule has 25 heavy (non-hydrogen) atoms. The highest BCUT2D eigenvalue weighted by Gasteiger charge is 2.17. The third-order valence-electron chi connectivity index (χ3n) is 3.92. The summed E-state index contributed by atoms with van der Waals surface area (Å²) in [5.74, 6) is -0.0197. The average Bonchev–Trinajstić information content (AvgIpc) is 2.60. The van der Waals surface area contributed by atoms with E-state index in [1.54, 1.807) is 7.11 Å². The molecule has 1 unspecified atom stereocenters. The normalized spacial score (nSPS) is 12.2. The fourth-order valence-corrected chi connectivity index (χ4v) is 2.90. The molecule has 2 aromatic rings. The van der Waals surface area contributed by atoms with E-state index in [0.717, 1.165) is 24.1 Å². The van der Waals surface area contributed by atoms with Gasteiger partial charge in [0, 0.05) is 25.3 Å². The van der Waals surface area contributed by atoms with Gasteiger partial charge in [0.25, 0.3) is 0 Å². The number of methoxy groups -OCH3 is 1. The molecule has 0 fully saturated rings. The summed E-state index contributed by atoms with van der Waals surface area (Å²) in [5.41, 5.74) is 1.99. The molecule has 0 aliphatic carbocycles. The number of halogens is 1. The van der Waals surface area contributed by atoms with Crippen molar-refractivity contribution in [1.29, 1.82) is 0 Å². The van der Waals surface area contributed by atoms with E-state index in [4.69, 9.17) is 16.3 Å². The summed E-state index contributed by atoms with van der Waals surface area (Å²) < 4.78 is 5.05. The smallest absolute Gasteiger partial charge is 0.234 e. The lowest BCUT2D eigenvalue weighted by atomic mass is 9.98. The van der Waals surface area contributed by atoms with Gasteiger partial charge in [0.15, 0.2) is 0 Å². The van der Waals surface area contributed by atoms with Crippen LogP contribution in [0.4, 0.5) is 0 Å². The minimum absolute atomic E-state index is 0.0197. The van der Waals surface area contributed by atoms with Crippen molar-refractivity contribution >= 4 is 17.5 Å². The van der Waals surface area contributed by atoms with E-state index < -0.39 is 0 Å². The number of hydrogen-bond donors (Lipinski definition) is 1. The van der Waals surface area contributed by atoms with Gasteiger partial charge >= 0.3 is 0 Å². The fourth-order valence-electron chi connectivity index (χ4n) is 2.70. The van der Waals surface area contributed by atoms with Crippen LogP contribution in [0, 0.1) is 0 Å². The lowest BCUT2D eigenvalue weighted by Gasteiger charge is -2.22. The number of benzene rings is 2. The molecule has 0 aliphatic heterocycles. The van der Waals surface area contributed by atoms with Crippen LogP contribution in [0.25, 0.3) is 0 Å². The van der Waals surface area contributed by atoms with Gasteiger partial charge in [0.1, 0.15) is 0 Å². The predicted molar refractivity (Wildman–Crippen MR) is 102 cm³/mol. The van der Waals surface area contributed by atoms with Crippen molar-refractivity contribution in [3.8, 4) is 0 Å². The van der Waals surface area contributed by atoms with Gasteiger partial charge in [-0.1, -0.05) is 54.1 Å². The monoisotopic (exact) mass is 360 g/mol. The number of carbonyl (C=O) groups excluding carboxylic acids is 1. The van der Waals surface area contributed by atoms with Crippen LogP contribution in [0.5, 0.6) is 0 Å². The number of nitrogens with zero attached hydrogens (tertiary/aromatic N) is 1. The van der Waals surface area contributed by atoms with Crippen molar-refractivity contribution in [2.24, 2.45) is 0 Å². The van der Waals surface area contributed by atoms with E-state index in [-0.39, 0.29) is 11.9 Å². The topological polar surface area (TPSA) is 41.6 Å². The molecule has 134 valence electrons. The second-order valence-corrected chi connectivity index (χ2v) is 6.49. The van der Waals surface area contributed by atoms with E-state index in [1.807, 2.05) is 66.5 Å². The quantitative estimate of drug-likeness (QED) is 0.696. The highest BCUT2D eigenvalue weighted by molar-refractivity contribution is 6.30. The first-order valence-electron chi connectivity index (χ1n) is 8.37. The highest BCUT2D eigenvalue weighted by Crippen LogP contribution is 2.24. The molecule has 0 heterocycles. The van der Waals surface area contributed by atoms with Crippen LogP contribution >= 0.6 is 11.6 Å². The van der Waals surface area contributed by atoms with Gasteiger partial charge in [0.2, 0.25) is 5.91 Å². The summed E-state index contributed by atoms with van der Waals surface area (Å²) in [4.78, 5) is 14.5. The fraction of sp³-hybridized carbons (Fsp3) is 0.350. The number of likely N-dealkylation sites (N-methyl/N-ethyl adjacent to an activating group) is 1. The Hall–Kier alpha value is -1.88. The largest absolute Gasteiger partial charge is 0.385 e. The Bertz CT molecular complexity index is 664. The summed E-state index contributed by atoms with van der Waals surface area (Å²) in [6, 6.07) is 17.3. The number of amides is 1. The van der Waals surface area contributed by atoms with Crippen LogP contribution < -0.4 is 5.32 Å². The molecule has 0 aromatic heterocycles. The highest BCUT2D eigenvalue weighted by atomic mass is 35.5. The van der Waals surface area contributed by atoms with E-state index in [9.17, 15) is 4.79 Å². The summed E-state index contributed by atoms with van der Waals surface area (Å²) in [6.07, 6.45) is 0.899. The maximum atomic E-state index is 12.5. The molecule has 5 heteroatoms. The number of rotatable bonds is 9. The molecule has 1 atom stereocenters. The first-order valence-corrected chi connectivity index (χ1v) is 8.75. The Labute approximate surface area is 154 Å². The summed E-state index contributed by atoms with van der Waals surface area (Å²) >= 11 is 6.14. The summed E-state index contributed by atoms with van der Waals surface area (Å²) in [7, 11) is 3.62. The lowest BCUT2D eigenvalue weighted by molar-refractivity contribution is -0.122. The van der Waals surface area contributed by atoms with Crippen LogP contribution in [-0.2, 0) is 9.53 Å². The Morgan fingerprint density at radius 1 is 1.16 bits per heavy atom. The summed E-state index contributed by atoms with van der Waals surface area (Å²) in [6.45, 7) is 1.85. The van der Waals surface area contributed by atoms with Crippen molar-refractivity contribution in [2.75, 3.05) is 33.9 Å². The van der Waals surface area contributed by atoms with E-state index >= 15 is 0 Å². The number of ether oxygens (including phenoxy) is 1. The van der Waals surface area contributed by atoms with E-state index in [0.29, 0.717) is 18.2 Å².